The summed E-state index contributed by atoms with van der Waals surface area (Å²) in [4.78, 5) is 8.85. The van der Waals surface area contributed by atoms with E-state index >= 15 is 0 Å². The van der Waals surface area contributed by atoms with Gasteiger partial charge in [0.1, 0.15) is 5.84 Å². The van der Waals surface area contributed by atoms with E-state index in [1.165, 1.54) is 11.3 Å². The molecule has 1 rings (SSSR count). The molecule has 0 bridgehead atoms. The summed E-state index contributed by atoms with van der Waals surface area (Å²) in [5, 5.41) is 3.48. The van der Waals surface area contributed by atoms with Crippen LogP contribution in [0.4, 0.5) is 0 Å². The van der Waals surface area contributed by atoms with Crippen LogP contribution < -0.4 is 11.1 Å². The lowest BCUT2D eigenvalue weighted by Gasteiger charge is -2.27. The first kappa shape index (κ1) is 19.5. The van der Waals surface area contributed by atoms with Crippen molar-refractivity contribution in [3.63, 3.8) is 0 Å². The van der Waals surface area contributed by atoms with Crippen molar-refractivity contribution in [2.24, 2.45) is 10.7 Å². The predicted octanol–water partition coefficient (Wildman–Crippen LogP) is 1.95. The maximum atomic E-state index is 5.63. The molecule has 0 atom stereocenters. The Hall–Kier alpha value is -1.59. The van der Waals surface area contributed by atoms with E-state index in [4.69, 9.17) is 5.73 Å². The van der Waals surface area contributed by atoms with Crippen LogP contribution in [0, 0.1) is 0 Å². The molecule has 0 saturated carbocycles. The topological polar surface area (TPSA) is 56.9 Å². The van der Waals surface area contributed by atoms with Crippen LogP contribution in [0.15, 0.2) is 41.2 Å². The third-order valence-electron chi connectivity index (χ3n) is 4.19. The van der Waals surface area contributed by atoms with Crippen molar-refractivity contribution in [1.82, 2.24) is 15.1 Å². The summed E-state index contributed by atoms with van der Waals surface area (Å²) in [5.41, 5.74) is 8.32. The lowest BCUT2D eigenvalue weighted by molar-refractivity contribution is 0.299. The molecule has 0 unspecified atom stereocenters. The Kier molecular flexibility index (Phi) is 9.33. The molecule has 1 heterocycles. The van der Waals surface area contributed by atoms with Crippen LogP contribution in [0.3, 0.4) is 0 Å². The average molecular weight is 319 g/mol. The Labute approximate surface area is 141 Å². The van der Waals surface area contributed by atoms with Gasteiger partial charge in [-0.15, -0.1) is 0 Å². The number of amidine groups is 1. The van der Waals surface area contributed by atoms with Crippen LogP contribution in [0.1, 0.15) is 26.2 Å². The van der Waals surface area contributed by atoms with Crippen molar-refractivity contribution in [3.8, 4) is 0 Å². The number of hydrogen-bond donors (Lipinski definition) is 2. The number of aliphatic imine (C=N–C) groups is 1. The van der Waals surface area contributed by atoms with Crippen molar-refractivity contribution in [2.45, 2.75) is 26.2 Å². The summed E-state index contributed by atoms with van der Waals surface area (Å²) >= 11 is 0. The molecule has 0 amide bonds. The summed E-state index contributed by atoms with van der Waals surface area (Å²) in [7, 11) is 3.83. The zero-order chi connectivity index (χ0) is 17.1. The monoisotopic (exact) mass is 319 g/mol. The smallest absolute Gasteiger partial charge is 0.117 e. The standard InChI is InChI=1S/C18H33N5/c1-5-22(4)18(20-3)15-23(13-7-6-11-19)14-10-17-16(2)9-8-12-21-17/h5,8-9,21H,1,6-7,10-15,19H2,2-4H3. The third kappa shape index (κ3) is 7.01. The molecule has 0 aromatic carbocycles. The third-order valence-corrected chi connectivity index (χ3v) is 4.19. The summed E-state index contributed by atoms with van der Waals surface area (Å²) < 4.78 is 0. The number of allylic oxidation sites excluding steroid dienone is 2. The Morgan fingerprint density at radius 2 is 2.22 bits per heavy atom. The lowest BCUT2D eigenvalue weighted by atomic mass is 10.1. The van der Waals surface area contributed by atoms with Gasteiger partial charge in [-0.05, 0) is 44.6 Å². The van der Waals surface area contributed by atoms with Gasteiger partial charge in [0.2, 0.25) is 0 Å². The number of nitrogens with zero attached hydrogens (tertiary/aromatic N) is 3. The Balaban J connectivity index is 2.64. The van der Waals surface area contributed by atoms with Gasteiger partial charge in [-0.1, -0.05) is 18.7 Å². The maximum Gasteiger partial charge on any atom is 0.117 e. The Morgan fingerprint density at radius 3 is 2.83 bits per heavy atom. The summed E-state index contributed by atoms with van der Waals surface area (Å²) in [6.45, 7) is 10.6. The molecule has 0 radical (unpaired) electrons. The zero-order valence-corrected chi connectivity index (χ0v) is 15.0. The second kappa shape index (κ2) is 11.0. The zero-order valence-electron chi connectivity index (χ0n) is 15.0. The minimum atomic E-state index is 0.756. The molecule has 1 aliphatic rings. The van der Waals surface area contributed by atoms with E-state index in [1.807, 2.05) is 19.0 Å². The van der Waals surface area contributed by atoms with E-state index in [0.717, 1.165) is 57.8 Å². The van der Waals surface area contributed by atoms with Gasteiger partial charge < -0.3 is 16.0 Å². The van der Waals surface area contributed by atoms with Crippen molar-refractivity contribution in [2.75, 3.05) is 46.8 Å². The van der Waals surface area contributed by atoms with Crippen LogP contribution >= 0.6 is 0 Å². The van der Waals surface area contributed by atoms with Crippen molar-refractivity contribution < 1.29 is 0 Å². The van der Waals surface area contributed by atoms with Gasteiger partial charge in [0.25, 0.3) is 0 Å². The molecule has 130 valence electrons. The van der Waals surface area contributed by atoms with Crippen LogP contribution in [-0.4, -0.2) is 62.5 Å². The van der Waals surface area contributed by atoms with Gasteiger partial charge in [-0.3, -0.25) is 9.89 Å². The maximum absolute atomic E-state index is 5.63. The van der Waals surface area contributed by atoms with E-state index in [-0.39, 0.29) is 0 Å². The molecule has 0 aromatic rings. The SMILES string of the molecule is C=CN(C)C(CN(CCCCN)CCC1=C(C)C=CCN1)=NC. The van der Waals surface area contributed by atoms with Gasteiger partial charge in [-0.2, -0.15) is 0 Å². The first-order valence-corrected chi connectivity index (χ1v) is 8.46. The van der Waals surface area contributed by atoms with E-state index in [9.17, 15) is 0 Å². The summed E-state index contributed by atoms with van der Waals surface area (Å²) in [5.74, 6) is 1.04. The number of nitrogens with one attached hydrogen (secondary N) is 1. The molecule has 5 nitrogen and oxygen atoms in total. The van der Waals surface area contributed by atoms with Gasteiger partial charge in [-0.25, -0.2) is 0 Å². The molecule has 0 saturated heterocycles. The van der Waals surface area contributed by atoms with Gasteiger partial charge in [0.05, 0.1) is 6.54 Å². The molecule has 0 aliphatic carbocycles. The molecular formula is C18H33N5. The number of hydrogen-bond acceptors (Lipinski definition) is 4. The second-order valence-electron chi connectivity index (χ2n) is 5.90. The average Bonchev–Trinajstić information content (AvgIpc) is 2.57. The van der Waals surface area contributed by atoms with Crippen molar-refractivity contribution in [1.29, 1.82) is 0 Å². The van der Waals surface area contributed by atoms with E-state index < -0.39 is 0 Å². The molecule has 5 heteroatoms. The lowest BCUT2D eigenvalue weighted by Crippen LogP contribution is -2.38. The highest BCUT2D eigenvalue weighted by molar-refractivity contribution is 5.84. The number of unbranched alkanes of at least 4 members (excludes halogenated alkanes) is 1. The highest BCUT2D eigenvalue weighted by atomic mass is 15.2. The molecule has 0 aromatic heterocycles. The molecule has 1 aliphatic heterocycles. The minimum absolute atomic E-state index is 0.756. The van der Waals surface area contributed by atoms with Crippen molar-refractivity contribution >= 4 is 5.84 Å². The fourth-order valence-corrected chi connectivity index (χ4v) is 2.61. The molecule has 0 spiro atoms. The largest absolute Gasteiger partial charge is 0.385 e. The molecule has 0 fully saturated rings. The van der Waals surface area contributed by atoms with Crippen molar-refractivity contribution in [3.05, 3.63) is 36.2 Å². The number of likely N-dealkylation sites (N-methyl/N-ethyl adjacent to an activating group) is 1. The first-order valence-electron chi connectivity index (χ1n) is 8.46. The predicted molar refractivity (Wildman–Crippen MR) is 101 cm³/mol. The van der Waals surface area contributed by atoms with Gasteiger partial charge in [0, 0.05) is 39.3 Å². The number of nitrogens with two attached hydrogens (primary N) is 1. The van der Waals surface area contributed by atoms with Crippen LogP contribution in [-0.2, 0) is 0 Å². The van der Waals surface area contributed by atoms with Gasteiger partial charge >= 0.3 is 0 Å². The van der Waals surface area contributed by atoms with Gasteiger partial charge in [0.15, 0.2) is 0 Å². The highest BCUT2D eigenvalue weighted by Gasteiger charge is 2.13. The number of rotatable bonds is 10. The summed E-state index contributed by atoms with van der Waals surface area (Å²) in [6, 6.07) is 0. The normalized spacial score (nSPS) is 15.1. The van der Waals surface area contributed by atoms with E-state index in [1.54, 1.807) is 6.20 Å². The quantitative estimate of drug-likeness (QED) is 0.367. The Bertz CT molecular complexity index is 450. The first-order chi connectivity index (χ1) is 11.1. The number of dihydropyridines is 1. The molecular weight excluding hydrogens is 286 g/mol. The van der Waals surface area contributed by atoms with Crippen LogP contribution in [0.25, 0.3) is 0 Å². The van der Waals surface area contributed by atoms with E-state index in [2.05, 4.69) is 40.9 Å². The second-order valence-corrected chi connectivity index (χ2v) is 5.90. The fraction of sp³-hybridized carbons (Fsp3) is 0.611. The molecule has 3 N–H and O–H groups in total. The van der Waals surface area contributed by atoms with Crippen LogP contribution in [0.5, 0.6) is 0 Å². The fourth-order valence-electron chi connectivity index (χ4n) is 2.61. The summed E-state index contributed by atoms with van der Waals surface area (Å²) in [6.07, 6.45) is 9.40. The van der Waals surface area contributed by atoms with Crippen LogP contribution in [0.2, 0.25) is 0 Å². The molecule has 23 heavy (non-hydrogen) atoms. The minimum Gasteiger partial charge on any atom is -0.385 e. The highest BCUT2D eigenvalue weighted by Crippen LogP contribution is 2.12. The Morgan fingerprint density at radius 1 is 1.43 bits per heavy atom. The van der Waals surface area contributed by atoms with E-state index in [0.29, 0.717) is 0 Å².